The van der Waals surface area contributed by atoms with Crippen molar-refractivity contribution in [3.05, 3.63) is 62.4 Å². The Bertz CT molecular complexity index is 738. The normalized spacial score (nSPS) is 12.8. The molecule has 0 saturated heterocycles. The summed E-state index contributed by atoms with van der Waals surface area (Å²) in [6, 6.07) is 11.9. The smallest absolute Gasteiger partial charge is 0.123 e. The summed E-state index contributed by atoms with van der Waals surface area (Å²) in [6.07, 6.45) is -0.691. The average molecular weight is 334 g/mol. The van der Waals surface area contributed by atoms with E-state index in [1.807, 2.05) is 48.7 Å². The molecule has 19 heavy (non-hydrogen) atoms. The second kappa shape index (κ2) is 5.04. The molecular formula is C15H12BrNOS. The van der Waals surface area contributed by atoms with Crippen LogP contribution in [-0.2, 0) is 0 Å². The van der Waals surface area contributed by atoms with Crippen LogP contribution in [0.15, 0.2) is 46.3 Å². The highest BCUT2D eigenvalue weighted by Gasteiger charge is 2.17. The highest BCUT2D eigenvalue weighted by molar-refractivity contribution is 9.10. The number of para-hydroxylation sites is 1. The van der Waals surface area contributed by atoms with Gasteiger partial charge in [0.2, 0.25) is 0 Å². The van der Waals surface area contributed by atoms with E-state index >= 15 is 0 Å². The zero-order chi connectivity index (χ0) is 13.4. The third-order valence-corrected chi connectivity index (χ3v) is 4.54. The van der Waals surface area contributed by atoms with Gasteiger partial charge in [-0.25, -0.2) is 4.98 Å². The number of aromatic nitrogens is 1. The number of hydrogen-bond donors (Lipinski definition) is 1. The number of aryl methyl sites for hydroxylation is 1. The van der Waals surface area contributed by atoms with Crippen LogP contribution in [-0.4, -0.2) is 10.1 Å². The van der Waals surface area contributed by atoms with Crippen molar-refractivity contribution in [3.8, 4) is 0 Å². The van der Waals surface area contributed by atoms with E-state index in [0.717, 1.165) is 20.9 Å². The Labute approximate surface area is 123 Å². The maximum atomic E-state index is 10.5. The minimum atomic E-state index is -0.691. The van der Waals surface area contributed by atoms with Crippen LogP contribution in [0.5, 0.6) is 0 Å². The highest BCUT2D eigenvalue weighted by Crippen LogP contribution is 2.31. The molecule has 0 saturated carbocycles. The van der Waals surface area contributed by atoms with E-state index in [2.05, 4.69) is 20.9 Å². The minimum Gasteiger partial charge on any atom is -0.382 e. The molecule has 1 atom stereocenters. The molecule has 96 valence electrons. The van der Waals surface area contributed by atoms with Crippen LogP contribution in [0.2, 0.25) is 0 Å². The van der Waals surface area contributed by atoms with Crippen LogP contribution in [0, 0.1) is 6.92 Å². The SMILES string of the molecule is Cc1cc(C(O)c2nc3ccccc3cc2Br)cs1. The van der Waals surface area contributed by atoms with Gasteiger partial charge in [0.05, 0.1) is 11.2 Å². The summed E-state index contributed by atoms with van der Waals surface area (Å²) in [4.78, 5) is 5.75. The molecule has 3 aromatic rings. The van der Waals surface area contributed by atoms with Crippen molar-refractivity contribution in [1.29, 1.82) is 0 Å². The van der Waals surface area contributed by atoms with Crippen LogP contribution in [0.3, 0.4) is 0 Å². The summed E-state index contributed by atoms with van der Waals surface area (Å²) in [6.45, 7) is 2.03. The van der Waals surface area contributed by atoms with Gasteiger partial charge in [-0.2, -0.15) is 0 Å². The van der Waals surface area contributed by atoms with Gasteiger partial charge >= 0.3 is 0 Å². The van der Waals surface area contributed by atoms with Crippen LogP contribution >= 0.6 is 27.3 Å². The number of rotatable bonds is 2. The monoisotopic (exact) mass is 333 g/mol. The lowest BCUT2D eigenvalue weighted by Gasteiger charge is -2.11. The Morgan fingerprint density at radius 1 is 1.26 bits per heavy atom. The molecule has 0 fully saturated rings. The fraction of sp³-hybridized carbons (Fsp3) is 0.133. The Kier molecular flexibility index (Phi) is 3.39. The molecule has 3 rings (SSSR count). The third kappa shape index (κ3) is 2.43. The number of aliphatic hydroxyl groups excluding tert-OH is 1. The molecule has 1 aromatic carbocycles. The van der Waals surface area contributed by atoms with Crippen LogP contribution in [0.25, 0.3) is 10.9 Å². The molecule has 1 unspecified atom stereocenters. The van der Waals surface area contributed by atoms with E-state index in [4.69, 9.17) is 0 Å². The zero-order valence-electron chi connectivity index (χ0n) is 10.3. The first-order valence-corrected chi connectivity index (χ1v) is 7.60. The van der Waals surface area contributed by atoms with Gasteiger partial charge in [0.25, 0.3) is 0 Å². The first kappa shape index (κ1) is 12.8. The lowest BCUT2D eigenvalue weighted by atomic mass is 10.1. The molecule has 0 radical (unpaired) electrons. The number of fused-ring (bicyclic) bond motifs is 1. The number of aliphatic hydroxyl groups is 1. The molecule has 2 aromatic heterocycles. The quantitative estimate of drug-likeness (QED) is 0.751. The van der Waals surface area contributed by atoms with Gasteiger partial charge < -0.3 is 5.11 Å². The van der Waals surface area contributed by atoms with Gasteiger partial charge in [-0.15, -0.1) is 11.3 Å². The van der Waals surface area contributed by atoms with Crippen LogP contribution < -0.4 is 0 Å². The maximum Gasteiger partial charge on any atom is 0.123 e. The van der Waals surface area contributed by atoms with E-state index < -0.39 is 6.10 Å². The van der Waals surface area contributed by atoms with Gasteiger partial charge in [-0.05, 0) is 52.0 Å². The first-order chi connectivity index (χ1) is 9.15. The van der Waals surface area contributed by atoms with Crippen LogP contribution in [0.1, 0.15) is 22.2 Å². The minimum absolute atomic E-state index is 0.663. The summed E-state index contributed by atoms with van der Waals surface area (Å²) in [5.74, 6) is 0. The van der Waals surface area contributed by atoms with Crippen molar-refractivity contribution >= 4 is 38.2 Å². The number of nitrogens with zero attached hydrogens (tertiary/aromatic N) is 1. The number of halogens is 1. The van der Waals surface area contributed by atoms with E-state index in [-0.39, 0.29) is 0 Å². The fourth-order valence-electron chi connectivity index (χ4n) is 2.06. The van der Waals surface area contributed by atoms with Crippen molar-refractivity contribution in [3.63, 3.8) is 0 Å². The number of hydrogen-bond acceptors (Lipinski definition) is 3. The molecule has 0 bridgehead atoms. The topological polar surface area (TPSA) is 33.1 Å². The molecular weight excluding hydrogens is 322 g/mol. The average Bonchev–Trinajstić information content (AvgIpc) is 2.84. The molecule has 0 spiro atoms. The lowest BCUT2D eigenvalue weighted by molar-refractivity contribution is 0.215. The Morgan fingerprint density at radius 3 is 2.79 bits per heavy atom. The Morgan fingerprint density at radius 2 is 2.05 bits per heavy atom. The summed E-state index contributed by atoms with van der Waals surface area (Å²) in [7, 11) is 0. The molecule has 2 heterocycles. The van der Waals surface area contributed by atoms with Gasteiger partial charge in [0.15, 0.2) is 0 Å². The zero-order valence-corrected chi connectivity index (χ0v) is 12.7. The first-order valence-electron chi connectivity index (χ1n) is 5.93. The van der Waals surface area contributed by atoms with Gasteiger partial charge in [-0.3, -0.25) is 0 Å². The molecule has 4 heteroatoms. The van der Waals surface area contributed by atoms with Gasteiger partial charge in [0, 0.05) is 14.7 Å². The predicted octanol–water partition coefficient (Wildman–Crippen LogP) is 4.45. The Hall–Kier alpha value is -1.23. The van der Waals surface area contributed by atoms with Crippen molar-refractivity contribution in [1.82, 2.24) is 4.98 Å². The molecule has 0 amide bonds. The molecule has 2 nitrogen and oxygen atoms in total. The van der Waals surface area contributed by atoms with Crippen molar-refractivity contribution in [2.45, 2.75) is 13.0 Å². The highest BCUT2D eigenvalue weighted by atomic mass is 79.9. The summed E-state index contributed by atoms with van der Waals surface area (Å²) >= 11 is 5.14. The molecule has 0 aliphatic carbocycles. The van der Waals surface area contributed by atoms with Gasteiger partial charge in [0.1, 0.15) is 6.10 Å². The maximum absolute atomic E-state index is 10.5. The van der Waals surface area contributed by atoms with E-state index in [1.54, 1.807) is 11.3 Å². The second-order valence-corrected chi connectivity index (χ2v) is 6.41. The number of benzene rings is 1. The molecule has 0 aliphatic rings. The fourth-order valence-corrected chi connectivity index (χ4v) is 3.34. The second-order valence-electron chi connectivity index (χ2n) is 4.44. The van der Waals surface area contributed by atoms with E-state index in [0.29, 0.717) is 5.69 Å². The third-order valence-electron chi connectivity index (χ3n) is 3.03. The lowest BCUT2D eigenvalue weighted by Crippen LogP contribution is -2.02. The predicted molar refractivity (Wildman–Crippen MR) is 82.6 cm³/mol. The number of thiophene rings is 1. The largest absolute Gasteiger partial charge is 0.382 e. The standard InChI is InChI=1S/C15H12BrNOS/c1-9-6-11(8-19-9)15(18)14-12(16)7-10-4-2-3-5-13(10)17-14/h2-8,15,18H,1H3. The Balaban J connectivity index is 2.11. The van der Waals surface area contributed by atoms with E-state index in [9.17, 15) is 5.11 Å². The molecule has 0 aliphatic heterocycles. The van der Waals surface area contributed by atoms with Crippen molar-refractivity contribution < 1.29 is 5.11 Å². The molecule has 1 N–H and O–H groups in total. The van der Waals surface area contributed by atoms with Gasteiger partial charge in [-0.1, -0.05) is 18.2 Å². The summed E-state index contributed by atoms with van der Waals surface area (Å²) in [5.41, 5.74) is 2.45. The van der Waals surface area contributed by atoms with Crippen LogP contribution in [0.4, 0.5) is 0 Å². The number of pyridine rings is 1. The summed E-state index contributed by atoms with van der Waals surface area (Å²) < 4.78 is 0.836. The van der Waals surface area contributed by atoms with E-state index in [1.165, 1.54) is 4.88 Å². The summed E-state index contributed by atoms with van der Waals surface area (Å²) in [5, 5.41) is 13.5. The van der Waals surface area contributed by atoms with Crippen molar-refractivity contribution in [2.75, 3.05) is 0 Å². The van der Waals surface area contributed by atoms with Crippen molar-refractivity contribution in [2.24, 2.45) is 0 Å².